The van der Waals surface area contributed by atoms with E-state index in [1.165, 1.54) is 0 Å². The van der Waals surface area contributed by atoms with E-state index in [1.807, 2.05) is 0 Å². The smallest absolute Gasteiger partial charge is 0.234 e. The first-order valence-electron chi connectivity index (χ1n) is 7.70. The number of nitrogens with zero attached hydrogens (tertiary/aromatic N) is 2. The van der Waals surface area contributed by atoms with Gasteiger partial charge in [0.2, 0.25) is 11.7 Å². The molecule has 2 rings (SSSR count). The van der Waals surface area contributed by atoms with Gasteiger partial charge in [-0.25, -0.2) is 0 Å². The fourth-order valence-electron chi connectivity index (χ4n) is 3.19. The molecule has 0 radical (unpaired) electrons. The van der Waals surface area contributed by atoms with Crippen molar-refractivity contribution < 1.29 is 9.26 Å². The van der Waals surface area contributed by atoms with Crippen LogP contribution < -0.4 is 5.32 Å². The number of aromatic nitrogens is 2. The largest absolute Gasteiger partial charge is 0.373 e. The van der Waals surface area contributed by atoms with E-state index in [0.29, 0.717) is 11.7 Å². The summed E-state index contributed by atoms with van der Waals surface area (Å²) < 4.78 is 11.1. The number of piperidine rings is 1. The Labute approximate surface area is 121 Å². The van der Waals surface area contributed by atoms with Gasteiger partial charge in [-0.2, -0.15) is 4.98 Å². The lowest BCUT2D eigenvalue weighted by Gasteiger charge is -2.34. The van der Waals surface area contributed by atoms with Gasteiger partial charge in [-0.05, 0) is 31.7 Å². The average molecular weight is 281 g/mol. The number of ether oxygens (including phenoxy) is 1. The molecule has 2 unspecified atom stereocenters. The Morgan fingerprint density at radius 3 is 2.80 bits per heavy atom. The second kappa shape index (κ2) is 6.68. The van der Waals surface area contributed by atoms with E-state index >= 15 is 0 Å². The third-order valence-corrected chi connectivity index (χ3v) is 4.21. The van der Waals surface area contributed by atoms with Crippen molar-refractivity contribution >= 4 is 0 Å². The van der Waals surface area contributed by atoms with E-state index in [2.05, 4.69) is 36.2 Å². The van der Waals surface area contributed by atoms with Crippen LogP contribution in [-0.2, 0) is 10.2 Å². The summed E-state index contributed by atoms with van der Waals surface area (Å²) in [5, 5.41) is 7.65. The first-order valence-corrected chi connectivity index (χ1v) is 7.70. The number of rotatable bonds is 6. The molecule has 1 aromatic rings. The molecular formula is C15H27N3O2. The highest BCUT2D eigenvalue weighted by Gasteiger charge is 2.39. The summed E-state index contributed by atoms with van der Waals surface area (Å²) in [6, 6.07) is 0. The molecule has 0 aromatic carbocycles. The summed E-state index contributed by atoms with van der Waals surface area (Å²) in [5.74, 6) is 1.79. The molecular weight excluding hydrogens is 254 g/mol. The minimum absolute atomic E-state index is 0.00746. The van der Waals surface area contributed by atoms with Crippen molar-refractivity contribution in [2.45, 2.75) is 58.0 Å². The van der Waals surface area contributed by atoms with Crippen LogP contribution in [0.4, 0.5) is 0 Å². The van der Waals surface area contributed by atoms with Gasteiger partial charge in [0.1, 0.15) is 6.10 Å². The van der Waals surface area contributed by atoms with Crippen LogP contribution in [0.1, 0.15) is 64.3 Å². The maximum atomic E-state index is 5.61. The zero-order chi connectivity index (χ0) is 14.6. The van der Waals surface area contributed by atoms with Gasteiger partial charge in [0.05, 0.1) is 5.41 Å². The van der Waals surface area contributed by atoms with Gasteiger partial charge < -0.3 is 14.6 Å². The summed E-state index contributed by atoms with van der Waals surface area (Å²) >= 11 is 0. The van der Waals surface area contributed by atoms with Gasteiger partial charge >= 0.3 is 0 Å². The highest BCUT2D eigenvalue weighted by atomic mass is 16.5. The molecule has 0 saturated carbocycles. The number of methoxy groups -OCH3 is 1. The monoisotopic (exact) mass is 281 g/mol. The van der Waals surface area contributed by atoms with Crippen molar-refractivity contribution in [3.8, 4) is 0 Å². The lowest BCUT2D eigenvalue weighted by molar-refractivity contribution is 0.0555. The van der Waals surface area contributed by atoms with Crippen molar-refractivity contribution in [3.05, 3.63) is 11.7 Å². The maximum Gasteiger partial charge on any atom is 0.234 e. The van der Waals surface area contributed by atoms with Gasteiger partial charge in [0.15, 0.2) is 0 Å². The number of nitrogens with one attached hydrogen (secondary N) is 1. The normalized spacial score (nSPS) is 25.1. The van der Waals surface area contributed by atoms with Crippen LogP contribution in [0, 0.1) is 5.92 Å². The Morgan fingerprint density at radius 2 is 2.25 bits per heavy atom. The van der Waals surface area contributed by atoms with Crippen molar-refractivity contribution in [1.29, 1.82) is 0 Å². The van der Waals surface area contributed by atoms with E-state index in [-0.39, 0.29) is 11.5 Å². The van der Waals surface area contributed by atoms with Crippen LogP contribution in [0.5, 0.6) is 0 Å². The van der Waals surface area contributed by atoms with E-state index in [1.54, 1.807) is 7.11 Å². The standard InChI is InChI=1S/C15H27N3O2/c1-5-7-15(8-6-9-16-10-15)14-17-13(18-20-14)12(19-4)11(2)3/h11-12,16H,5-10H2,1-4H3. The average Bonchev–Trinajstić information content (AvgIpc) is 2.90. The number of hydrogen-bond acceptors (Lipinski definition) is 5. The minimum Gasteiger partial charge on any atom is -0.373 e. The predicted molar refractivity (Wildman–Crippen MR) is 77.6 cm³/mol. The van der Waals surface area contributed by atoms with Crippen molar-refractivity contribution in [1.82, 2.24) is 15.5 Å². The maximum absolute atomic E-state index is 5.61. The fourth-order valence-corrected chi connectivity index (χ4v) is 3.19. The summed E-state index contributed by atoms with van der Waals surface area (Å²) in [6.45, 7) is 8.43. The van der Waals surface area contributed by atoms with Gasteiger partial charge in [-0.15, -0.1) is 0 Å². The Bertz CT molecular complexity index is 405. The molecule has 1 fully saturated rings. The molecule has 1 aromatic heterocycles. The van der Waals surface area contributed by atoms with E-state index in [9.17, 15) is 0 Å². The Morgan fingerprint density at radius 1 is 1.45 bits per heavy atom. The third-order valence-electron chi connectivity index (χ3n) is 4.21. The van der Waals surface area contributed by atoms with Crippen molar-refractivity contribution in [2.24, 2.45) is 5.92 Å². The summed E-state index contributed by atoms with van der Waals surface area (Å²) in [7, 11) is 1.70. The molecule has 2 heterocycles. The molecule has 0 bridgehead atoms. The van der Waals surface area contributed by atoms with E-state index in [0.717, 1.165) is 44.7 Å². The summed E-state index contributed by atoms with van der Waals surface area (Å²) in [4.78, 5) is 4.67. The SMILES string of the molecule is CCCC1(c2nc(C(OC)C(C)C)no2)CCCNC1. The molecule has 1 N–H and O–H groups in total. The van der Waals surface area contributed by atoms with Crippen LogP contribution >= 0.6 is 0 Å². The second-order valence-electron chi connectivity index (χ2n) is 6.17. The summed E-state index contributed by atoms with van der Waals surface area (Å²) in [5.41, 5.74) is 0.00746. The predicted octanol–water partition coefficient (Wildman–Crippen LogP) is 2.83. The van der Waals surface area contributed by atoms with Gasteiger partial charge in [-0.3, -0.25) is 0 Å². The first-order chi connectivity index (χ1) is 9.63. The zero-order valence-corrected chi connectivity index (χ0v) is 13.1. The molecule has 5 nitrogen and oxygen atoms in total. The van der Waals surface area contributed by atoms with Crippen LogP contribution in [0.15, 0.2) is 4.52 Å². The molecule has 1 saturated heterocycles. The van der Waals surface area contributed by atoms with Gasteiger partial charge in [0, 0.05) is 13.7 Å². The molecule has 2 atom stereocenters. The zero-order valence-electron chi connectivity index (χ0n) is 13.1. The molecule has 114 valence electrons. The Kier molecular flexibility index (Phi) is 5.16. The molecule has 0 aliphatic carbocycles. The summed E-state index contributed by atoms with van der Waals surface area (Å²) in [6.07, 6.45) is 4.39. The van der Waals surface area contributed by atoms with Crippen LogP contribution in [0.25, 0.3) is 0 Å². The lowest BCUT2D eigenvalue weighted by Crippen LogP contribution is -2.43. The minimum atomic E-state index is -0.0947. The van der Waals surface area contributed by atoms with E-state index in [4.69, 9.17) is 9.26 Å². The second-order valence-corrected chi connectivity index (χ2v) is 6.17. The van der Waals surface area contributed by atoms with Gasteiger partial charge in [-0.1, -0.05) is 32.3 Å². The fraction of sp³-hybridized carbons (Fsp3) is 0.867. The number of hydrogen-bond donors (Lipinski definition) is 1. The molecule has 20 heavy (non-hydrogen) atoms. The molecule has 1 aliphatic rings. The Hall–Kier alpha value is -0.940. The molecule has 0 amide bonds. The van der Waals surface area contributed by atoms with Crippen molar-refractivity contribution in [3.63, 3.8) is 0 Å². The highest BCUT2D eigenvalue weighted by Crippen LogP contribution is 2.35. The van der Waals surface area contributed by atoms with Crippen LogP contribution in [0.3, 0.4) is 0 Å². The van der Waals surface area contributed by atoms with E-state index < -0.39 is 0 Å². The van der Waals surface area contributed by atoms with Crippen molar-refractivity contribution in [2.75, 3.05) is 20.2 Å². The molecule has 1 aliphatic heterocycles. The lowest BCUT2D eigenvalue weighted by atomic mass is 9.77. The quantitative estimate of drug-likeness (QED) is 0.869. The molecule has 5 heteroatoms. The molecule has 0 spiro atoms. The van der Waals surface area contributed by atoms with Crippen LogP contribution in [0.2, 0.25) is 0 Å². The third kappa shape index (κ3) is 3.04. The van der Waals surface area contributed by atoms with Crippen LogP contribution in [-0.4, -0.2) is 30.3 Å². The Balaban J connectivity index is 2.24. The highest BCUT2D eigenvalue weighted by molar-refractivity contribution is 5.09. The topological polar surface area (TPSA) is 60.2 Å². The first kappa shape index (κ1) is 15.4. The van der Waals surface area contributed by atoms with Gasteiger partial charge in [0.25, 0.3) is 0 Å².